The summed E-state index contributed by atoms with van der Waals surface area (Å²) in [5, 5.41) is 0.194. The number of methoxy groups -OCH3 is 1. The molecule has 0 spiro atoms. The van der Waals surface area contributed by atoms with Gasteiger partial charge in [-0.15, -0.1) is 13.2 Å². The van der Waals surface area contributed by atoms with Crippen LogP contribution in [-0.4, -0.2) is 48.7 Å². The molecule has 210 valence electrons. The Morgan fingerprint density at radius 3 is 1.81 bits per heavy atom. The monoisotopic (exact) mass is 538 g/mol. The van der Waals surface area contributed by atoms with Crippen molar-refractivity contribution in [3.63, 3.8) is 0 Å². The molecule has 0 amide bonds. The van der Waals surface area contributed by atoms with Gasteiger partial charge >= 0.3 is 0 Å². The highest BCUT2D eigenvalue weighted by Gasteiger charge is 2.43. The van der Waals surface area contributed by atoms with Crippen molar-refractivity contribution < 1.29 is 18.3 Å². The maximum Gasteiger partial charge on any atom is 0.192 e. The molecule has 0 radical (unpaired) electrons. The van der Waals surface area contributed by atoms with Crippen LogP contribution in [0, 0.1) is 0 Å². The standard InChI is InChI=1S/C30H58O4Si2/c1-17-18-19-26(34-36(15,16)30(9,10)11)28(22-32-35(13,14)29(6,7)8)33-25(20-23(2)3)21-27(31-12)24(4)5/h17,21,25-26,28H,1-2,4,18-20,22H2,3,5-16H3/b27-21-/t25-,26-,28-/m1/s1. The van der Waals surface area contributed by atoms with Gasteiger partial charge in [-0.1, -0.05) is 59.8 Å². The van der Waals surface area contributed by atoms with Crippen LogP contribution in [0.3, 0.4) is 0 Å². The first-order valence-corrected chi connectivity index (χ1v) is 19.1. The second kappa shape index (κ2) is 14.3. The highest BCUT2D eigenvalue weighted by molar-refractivity contribution is 6.74. The lowest BCUT2D eigenvalue weighted by molar-refractivity contribution is -0.0789. The molecule has 0 saturated heterocycles. The smallest absolute Gasteiger partial charge is 0.192 e. The van der Waals surface area contributed by atoms with Gasteiger partial charge in [0.1, 0.15) is 11.9 Å². The molecule has 0 bridgehead atoms. The van der Waals surface area contributed by atoms with E-state index in [1.807, 2.05) is 26.0 Å². The molecule has 0 unspecified atom stereocenters. The summed E-state index contributed by atoms with van der Waals surface area (Å²) in [6.45, 7) is 39.4. The Morgan fingerprint density at radius 1 is 0.889 bits per heavy atom. The normalized spacial score (nSPS) is 16.3. The van der Waals surface area contributed by atoms with Gasteiger partial charge in [0, 0.05) is 0 Å². The van der Waals surface area contributed by atoms with Crippen LogP contribution in [0.4, 0.5) is 0 Å². The summed E-state index contributed by atoms with van der Waals surface area (Å²) in [4.78, 5) is 0. The molecule has 3 atom stereocenters. The molecule has 0 aliphatic carbocycles. The predicted octanol–water partition coefficient (Wildman–Crippen LogP) is 9.19. The fourth-order valence-corrected chi connectivity index (χ4v) is 5.56. The van der Waals surface area contributed by atoms with Crippen molar-refractivity contribution in [1.82, 2.24) is 0 Å². The molecule has 0 saturated carbocycles. The van der Waals surface area contributed by atoms with Crippen molar-refractivity contribution in [2.45, 2.75) is 129 Å². The first kappa shape index (κ1) is 35.1. The summed E-state index contributed by atoms with van der Waals surface area (Å²) >= 11 is 0. The Balaban J connectivity index is 6.46. The van der Waals surface area contributed by atoms with Gasteiger partial charge in [0.15, 0.2) is 16.6 Å². The van der Waals surface area contributed by atoms with Gasteiger partial charge in [-0.25, -0.2) is 0 Å². The van der Waals surface area contributed by atoms with E-state index >= 15 is 0 Å². The molecule has 0 aromatic rings. The van der Waals surface area contributed by atoms with Gasteiger partial charge in [0.2, 0.25) is 0 Å². The quantitative estimate of drug-likeness (QED) is 0.0849. The first-order chi connectivity index (χ1) is 16.2. The minimum absolute atomic E-state index is 0.0877. The molecule has 0 aliphatic rings. The Morgan fingerprint density at radius 2 is 1.42 bits per heavy atom. The molecule has 0 rings (SSSR count). The van der Waals surface area contributed by atoms with Gasteiger partial charge in [-0.2, -0.15) is 0 Å². The molecule has 0 fully saturated rings. The van der Waals surface area contributed by atoms with Crippen molar-refractivity contribution in [1.29, 1.82) is 0 Å². The zero-order chi connectivity index (χ0) is 28.5. The summed E-state index contributed by atoms with van der Waals surface area (Å²) in [6.07, 6.45) is 5.79. The lowest BCUT2D eigenvalue weighted by atomic mass is 10.1. The maximum atomic E-state index is 7.01. The third kappa shape index (κ3) is 11.6. The van der Waals surface area contributed by atoms with Gasteiger partial charge < -0.3 is 18.3 Å². The number of rotatable bonds is 16. The Hall–Kier alpha value is -0.926. The number of allylic oxidation sites excluding steroid dienone is 2. The van der Waals surface area contributed by atoms with Crippen molar-refractivity contribution >= 4 is 16.6 Å². The molecule has 36 heavy (non-hydrogen) atoms. The van der Waals surface area contributed by atoms with Gasteiger partial charge in [0.25, 0.3) is 0 Å². The van der Waals surface area contributed by atoms with E-state index in [1.54, 1.807) is 7.11 Å². The maximum absolute atomic E-state index is 7.01. The molecule has 0 N–H and O–H groups in total. The molecule has 0 aliphatic heterocycles. The Kier molecular flexibility index (Phi) is 13.9. The summed E-state index contributed by atoms with van der Waals surface area (Å²) in [5.41, 5.74) is 1.91. The van der Waals surface area contributed by atoms with Crippen LogP contribution < -0.4 is 0 Å². The summed E-state index contributed by atoms with van der Waals surface area (Å²) in [5.74, 6) is 0.735. The third-order valence-corrected chi connectivity index (χ3v) is 16.6. The Labute approximate surface area is 226 Å². The van der Waals surface area contributed by atoms with Crippen molar-refractivity contribution in [3.8, 4) is 0 Å². The minimum Gasteiger partial charge on any atom is -0.497 e. The fraction of sp³-hybridized carbons (Fsp3) is 0.733. The predicted molar refractivity (Wildman–Crippen MR) is 163 cm³/mol. The topological polar surface area (TPSA) is 36.9 Å². The molecule has 0 aromatic heterocycles. The van der Waals surface area contributed by atoms with Crippen LogP contribution in [0.15, 0.2) is 48.8 Å². The molecular formula is C30H58O4Si2. The van der Waals surface area contributed by atoms with Crippen molar-refractivity contribution in [2.75, 3.05) is 13.7 Å². The number of hydrogen-bond acceptors (Lipinski definition) is 4. The number of ether oxygens (including phenoxy) is 2. The van der Waals surface area contributed by atoms with Gasteiger partial charge in [-0.3, -0.25) is 0 Å². The second-order valence-corrected chi connectivity index (χ2v) is 22.8. The first-order valence-electron chi connectivity index (χ1n) is 13.3. The summed E-state index contributed by atoms with van der Waals surface area (Å²) in [7, 11) is -2.39. The lowest BCUT2D eigenvalue weighted by Crippen LogP contribution is -2.51. The summed E-state index contributed by atoms with van der Waals surface area (Å²) in [6, 6.07) is 0. The number of hydrogen-bond donors (Lipinski definition) is 0. The highest BCUT2D eigenvalue weighted by atomic mass is 28.4. The average Bonchev–Trinajstić information content (AvgIpc) is 2.69. The highest BCUT2D eigenvalue weighted by Crippen LogP contribution is 2.40. The van der Waals surface area contributed by atoms with Crippen LogP contribution >= 0.6 is 0 Å². The Bertz CT molecular complexity index is 754. The fourth-order valence-electron chi connectivity index (χ4n) is 3.17. The molecule has 4 nitrogen and oxygen atoms in total. The lowest BCUT2D eigenvalue weighted by Gasteiger charge is -2.43. The van der Waals surface area contributed by atoms with Crippen LogP contribution in [0.1, 0.15) is 74.7 Å². The van der Waals surface area contributed by atoms with Crippen molar-refractivity contribution in [3.05, 3.63) is 48.8 Å². The zero-order valence-electron chi connectivity index (χ0n) is 26.0. The SMILES string of the molecule is C=CCC[C@@H](O[Si](C)(C)C(C)(C)C)[C@@H](CO[Si](C)(C)C(C)(C)C)O[C@@H](/C=C(\OC)C(=C)C)CC(=C)C. The van der Waals surface area contributed by atoms with E-state index < -0.39 is 16.6 Å². The van der Waals surface area contributed by atoms with Crippen LogP contribution in [-0.2, 0) is 18.3 Å². The zero-order valence-corrected chi connectivity index (χ0v) is 28.0. The van der Waals surface area contributed by atoms with E-state index in [1.165, 1.54) is 0 Å². The van der Waals surface area contributed by atoms with Crippen LogP contribution in [0.5, 0.6) is 0 Å². The molecule has 0 aromatic carbocycles. The molecule has 6 heteroatoms. The van der Waals surface area contributed by atoms with Crippen LogP contribution in [0.25, 0.3) is 0 Å². The van der Waals surface area contributed by atoms with E-state index in [0.717, 1.165) is 29.7 Å². The average molecular weight is 539 g/mol. The van der Waals surface area contributed by atoms with Crippen molar-refractivity contribution in [2.24, 2.45) is 0 Å². The van der Waals surface area contributed by atoms with E-state index in [0.29, 0.717) is 13.0 Å². The molecule has 0 heterocycles. The summed E-state index contributed by atoms with van der Waals surface area (Å²) < 4.78 is 26.2. The van der Waals surface area contributed by atoms with E-state index in [9.17, 15) is 0 Å². The van der Waals surface area contributed by atoms with E-state index in [4.69, 9.17) is 18.3 Å². The van der Waals surface area contributed by atoms with Gasteiger partial charge in [-0.05, 0) is 81.0 Å². The van der Waals surface area contributed by atoms with Crippen LogP contribution in [0.2, 0.25) is 36.3 Å². The largest absolute Gasteiger partial charge is 0.497 e. The van der Waals surface area contributed by atoms with Gasteiger partial charge in [0.05, 0.1) is 25.9 Å². The third-order valence-electron chi connectivity index (χ3n) is 7.61. The molecular weight excluding hydrogens is 480 g/mol. The van der Waals surface area contributed by atoms with E-state index in [2.05, 4.69) is 87.5 Å². The second-order valence-electron chi connectivity index (χ2n) is 13.2. The van der Waals surface area contributed by atoms with E-state index in [-0.39, 0.29) is 28.4 Å². The minimum atomic E-state index is -2.06.